The van der Waals surface area contributed by atoms with Crippen LogP contribution in [0.1, 0.15) is 58.4 Å². The van der Waals surface area contributed by atoms with Gasteiger partial charge in [-0.1, -0.05) is 64.3 Å². The Morgan fingerprint density at radius 3 is 2.42 bits per heavy atom. The SMILES string of the molecule is CC(C)(C)c1ccc(-c2cnc3[nH]ccc3c2NC2CCCCC2)cc1. The van der Waals surface area contributed by atoms with E-state index in [-0.39, 0.29) is 5.41 Å². The lowest BCUT2D eigenvalue weighted by molar-refractivity contribution is 0.463. The third-order valence-electron chi connectivity index (χ3n) is 5.60. The van der Waals surface area contributed by atoms with Gasteiger partial charge in [-0.3, -0.25) is 0 Å². The summed E-state index contributed by atoms with van der Waals surface area (Å²) in [5, 5.41) is 5.05. The number of fused-ring (bicyclic) bond motifs is 1. The molecule has 0 amide bonds. The van der Waals surface area contributed by atoms with Crippen LogP contribution >= 0.6 is 0 Å². The number of hydrogen-bond acceptors (Lipinski definition) is 2. The number of aromatic nitrogens is 2. The zero-order valence-corrected chi connectivity index (χ0v) is 16.1. The first-order valence-electron chi connectivity index (χ1n) is 9.86. The summed E-state index contributed by atoms with van der Waals surface area (Å²) in [6.07, 6.45) is 10.5. The van der Waals surface area contributed by atoms with Gasteiger partial charge in [0.2, 0.25) is 0 Å². The fourth-order valence-corrected chi connectivity index (χ4v) is 3.98. The fourth-order valence-electron chi connectivity index (χ4n) is 3.98. The van der Waals surface area contributed by atoms with Crippen LogP contribution in [0.15, 0.2) is 42.7 Å². The Morgan fingerprint density at radius 2 is 1.73 bits per heavy atom. The molecule has 2 aromatic heterocycles. The van der Waals surface area contributed by atoms with E-state index in [1.54, 1.807) is 0 Å². The molecule has 0 saturated heterocycles. The Kier molecular flexibility index (Phi) is 4.47. The minimum absolute atomic E-state index is 0.171. The van der Waals surface area contributed by atoms with Crippen LogP contribution in [0, 0.1) is 0 Å². The zero-order chi connectivity index (χ0) is 18.1. The van der Waals surface area contributed by atoms with Crippen LogP contribution in [0.4, 0.5) is 5.69 Å². The van der Waals surface area contributed by atoms with Crippen molar-refractivity contribution in [2.24, 2.45) is 0 Å². The van der Waals surface area contributed by atoms with Crippen LogP contribution in [-0.4, -0.2) is 16.0 Å². The molecule has 1 aromatic carbocycles. The minimum Gasteiger partial charge on any atom is -0.381 e. The van der Waals surface area contributed by atoms with Crippen molar-refractivity contribution in [3.63, 3.8) is 0 Å². The second-order valence-electron chi connectivity index (χ2n) is 8.59. The third kappa shape index (κ3) is 3.35. The summed E-state index contributed by atoms with van der Waals surface area (Å²) in [6, 6.07) is 11.7. The molecule has 3 aromatic rings. The van der Waals surface area contributed by atoms with Crippen molar-refractivity contribution < 1.29 is 0 Å². The van der Waals surface area contributed by atoms with Crippen molar-refractivity contribution in [1.29, 1.82) is 0 Å². The molecule has 2 heterocycles. The highest BCUT2D eigenvalue weighted by molar-refractivity contribution is 5.98. The number of H-pyrrole nitrogens is 1. The molecule has 26 heavy (non-hydrogen) atoms. The van der Waals surface area contributed by atoms with Gasteiger partial charge in [0.15, 0.2) is 0 Å². The summed E-state index contributed by atoms with van der Waals surface area (Å²) in [5.41, 5.74) is 6.14. The topological polar surface area (TPSA) is 40.7 Å². The molecule has 136 valence electrons. The van der Waals surface area contributed by atoms with Gasteiger partial charge in [-0.15, -0.1) is 0 Å². The maximum atomic E-state index is 4.65. The Labute approximate surface area is 156 Å². The van der Waals surface area contributed by atoms with Gasteiger partial charge in [0.05, 0.1) is 5.69 Å². The molecule has 1 saturated carbocycles. The zero-order valence-electron chi connectivity index (χ0n) is 16.1. The van der Waals surface area contributed by atoms with E-state index in [4.69, 9.17) is 0 Å². The van der Waals surface area contributed by atoms with Gasteiger partial charge in [0, 0.05) is 29.4 Å². The molecule has 1 aliphatic carbocycles. The first-order chi connectivity index (χ1) is 12.5. The third-order valence-corrected chi connectivity index (χ3v) is 5.60. The number of nitrogens with zero attached hydrogens (tertiary/aromatic N) is 1. The molecule has 1 aliphatic rings. The molecule has 0 aliphatic heterocycles. The van der Waals surface area contributed by atoms with Crippen molar-refractivity contribution >= 4 is 16.7 Å². The second kappa shape index (κ2) is 6.79. The molecule has 0 atom stereocenters. The van der Waals surface area contributed by atoms with E-state index < -0.39 is 0 Å². The van der Waals surface area contributed by atoms with Crippen LogP contribution in [0.25, 0.3) is 22.2 Å². The van der Waals surface area contributed by atoms with Gasteiger partial charge >= 0.3 is 0 Å². The maximum Gasteiger partial charge on any atom is 0.139 e. The van der Waals surface area contributed by atoms with Crippen molar-refractivity contribution in [2.75, 3.05) is 5.32 Å². The smallest absolute Gasteiger partial charge is 0.139 e. The summed E-state index contributed by atoms with van der Waals surface area (Å²) in [4.78, 5) is 7.90. The molecular weight excluding hydrogens is 318 g/mol. The highest BCUT2D eigenvalue weighted by atomic mass is 14.9. The van der Waals surface area contributed by atoms with Gasteiger partial charge in [0.25, 0.3) is 0 Å². The molecule has 0 unspecified atom stereocenters. The molecular formula is C23H29N3. The minimum atomic E-state index is 0.171. The summed E-state index contributed by atoms with van der Waals surface area (Å²) >= 11 is 0. The Bertz CT molecular complexity index is 878. The summed E-state index contributed by atoms with van der Waals surface area (Å²) < 4.78 is 0. The Balaban J connectivity index is 1.75. The normalized spacial score (nSPS) is 16.1. The fraction of sp³-hybridized carbons (Fsp3) is 0.435. The van der Waals surface area contributed by atoms with Crippen molar-refractivity contribution in [1.82, 2.24) is 9.97 Å². The van der Waals surface area contributed by atoms with Gasteiger partial charge in [-0.2, -0.15) is 0 Å². The lowest BCUT2D eigenvalue weighted by Gasteiger charge is -2.26. The van der Waals surface area contributed by atoms with Gasteiger partial charge in [0.1, 0.15) is 5.65 Å². The van der Waals surface area contributed by atoms with Gasteiger partial charge in [-0.25, -0.2) is 4.98 Å². The van der Waals surface area contributed by atoms with Crippen molar-refractivity contribution in [3.05, 3.63) is 48.3 Å². The predicted octanol–water partition coefficient (Wildman–Crippen LogP) is 6.27. The number of nitrogens with one attached hydrogen (secondary N) is 2. The van der Waals surface area contributed by atoms with Crippen molar-refractivity contribution in [3.8, 4) is 11.1 Å². The van der Waals surface area contributed by atoms with E-state index in [0.717, 1.165) is 5.65 Å². The number of pyridine rings is 1. The first-order valence-corrected chi connectivity index (χ1v) is 9.86. The lowest BCUT2D eigenvalue weighted by atomic mass is 9.86. The molecule has 3 heteroatoms. The van der Waals surface area contributed by atoms with E-state index in [1.807, 2.05) is 12.4 Å². The quantitative estimate of drug-likeness (QED) is 0.586. The number of hydrogen-bond donors (Lipinski definition) is 2. The number of aromatic amines is 1. The first kappa shape index (κ1) is 17.1. The molecule has 0 bridgehead atoms. The van der Waals surface area contributed by atoms with E-state index >= 15 is 0 Å². The Hall–Kier alpha value is -2.29. The summed E-state index contributed by atoms with van der Waals surface area (Å²) in [6.45, 7) is 6.77. The molecule has 1 fully saturated rings. The standard InChI is InChI=1S/C23H29N3/c1-23(2,3)17-11-9-16(10-12-17)20-15-25-22-19(13-14-24-22)21(20)26-18-7-5-4-6-8-18/h9-15,18H,4-8H2,1-3H3,(H2,24,25,26). The van der Waals surface area contributed by atoms with E-state index in [2.05, 4.69) is 66.4 Å². The second-order valence-corrected chi connectivity index (χ2v) is 8.59. The highest BCUT2D eigenvalue weighted by Gasteiger charge is 2.19. The number of anilines is 1. The number of benzene rings is 1. The summed E-state index contributed by atoms with van der Waals surface area (Å²) in [7, 11) is 0. The van der Waals surface area contributed by atoms with E-state index in [0.29, 0.717) is 6.04 Å². The average Bonchev–Trinajstić information content (AvgIpc) is 3.11. The lowest BCUT2D eigenvalue weighted by Crippen LogP contribution is -2.22. The highest BCUT2D eigenvalue weighted by Crippen LogP contribution is 2.36. The van der Waals surface area contributed by atoms with Gasteiger partial charge in [-0.05, 0) is 35.4 Å². The molecule has 4 rings (SSSR count). The van der Waals surface area contributed by atoms with Crippen LogP contribution in [0.3, 0.4) is 0 Å². The molecule has 2 N–H and O–H groups in total. The Morgan fingerprint density at radius 1 is 1.00 bits per heavy atom. The molecule has 0 radical (unpaired) electrons. The van der Waals surface area contributed by atoms with Crippen LogP contribution < -0.4 is 5.32 Å². The predicted molar refractivity (Wildman–Crippen MR) is 111 cm³/mol. The van der Waals surface area contributed by atoms with E-state index in [1.165, 1.54) is 59.9 Å². The van der Waals surface area contributed by atoms with Gasteiger partial charge < -0.3 is 10.3 Å². The monoisotopic (exact) mass is 347 g/mol. The molecule has 3 nitrogen and oxygen atoms in total. The van der Waals surface area contributed by atoms with Crippen molar-refractivity contribution in [2.45, 2.75) is 64.3 Å². The summed E-state index contributed by atoms with van der Waals surface area (Å²) in [5.74, 6) is 0. The van der Waals surface area contributed by atoms with Crippen LogP contribution in [0.5, 0.6) is 0 Å². The van der Waals surface area contributed by atoms with E-state index in [9.17, 15) is 0 Å². The largest absolute Gasteiger partial charge is 0.381 e. The van der Waals surface area contributed by atoms with Crippen LogP contribution in [-0.2, 0) is 5.41 Å². The molecule has 0 spiro atoms. The van der Waals surface area contributed by atoms with Crippen LogP contribution in [0.2, 0.25) is 0 Å². The number of rotatable bonds is 3. The maximum absolute atomic E-state index is 4.65. The average molecular weight is 348 g/mol.